The number of rotatable bonds is 3. The van der Waals surface area contributed by atoms with Gasteiger partial charge in [0.1, 0.15) is 0 Å². The van der Waals surface area contributed by atoms with Crippen molar-refractivity contribution < 1.29 is 4.79 Å². The predicted octanol–water partition coefficient (Wildman–Crippen LogP) is 2.53. The highest BCUT2D eigenvalue weighted by Gasteiger charge is 2.12. The first-order valence-corrected chi connectivity index (χ1v) is 6.68. The summed E-state index contributed by atoms with van der Waals surface area (Å²) < 4.78 is 1.06. The number of carbonyl (C=O) groups excluding carboxylic acids is 1. The molecule has 2 aromatic rings. The summed E-state index contributed by atoms with van der Waals surface area (Å²) in [6.45, 7) is 1.94. The Labute approximate surface area is 124 Å². The van der Waals surface area contributed by atoms with Gasteiger partial charge in [0.15, 0.2) is 0 Å². The van der Waals surface area contributed by atoms with E-state index in [1.807, 2.05) is 25.1 Å². The summed E-state index contributed by atoms with van der Waals surface area (Å²) in [5.74, 6) is 5.14. The van der Waals surface area contributed by atoms with Crippen LogP contribution in [0, 0.1) is 10.5 Å². The van der Waals surface area contributed by atoms with Gasteiger partial charge in [0, 0.05) is 15.5 Å². The van der Waals surface area contributed by atoms with Crippen molar-refractivity contribution in [3.63, 3.8) is 0 Å². The molecule has 0 spiro atoms. The lowest BCUT2D eigenvalue weighted by Gasteiger charge is -2.11. The Morgan fingerprint density at radius 1 is 1.32 bits per heavy atom. The fourth-order valence-electron chi connectivity index (χ4n) is 1.63. The summed E-state index contributed by atoms with van der Waals surface area (Å²) in [6.07, 6.45) is 3.06. The fraction of sp³-hybridized carbons (Fsp3) is 0.0769. The second kappa shape index (κ2) is 5.98. The topological polar surface area (TPSA) is 80.0 Å². The Bertz CT molecular complexity index is 615. The quantitative estimate of drug-likeness (QED) is 0.442. The van der Waals surface area contributed by atoms with E-state index in [-0.39, 0.29) is 5.91 Å². The highest BCUT2D eigenvalue weighted by molar-refractivity contribution is 14.1. The minimum Gasteiger partial charge on any atom is -0.322 e. The van der Waals surface area contributed by atoms with Gasteiger partial charge >= 0.3 is 0 Å². The zero-order valence-corrected chi connectivity index (χ0v) is 12.4. The van der Waals surface area contributed by atoms with E-state index in [1.165, 1.54) is 6.20 Å². The molecule has 0 aliphatic heterocycles. The van der Waals surface area contributed by atoms with E-state index in [0.29, 0.717) is 11.3 Å². The van der Waals surface area contributed by atoms with Gasteiger partial charge in [0.25, 0.3) is 5.91 Å². The number of benzene rings is 1. The second-order valence-electron chi connectivity index (χ2n) is 3.98. The van der Waals surface area contributed by atoms with Gasteiger partial charge in [-0.25, -0.2) is 0 Å². The first kappa shape index (κ1) is 13.8. The van der Waals surface area contributed by atoms with Crippen LogP contribution in [0.1, 0.15) is 15.9 Å². The number of carbonyl (C=O) groups is 1. The average molecular weight is 368 g/mol. The Balaban J connectivity index is 2.28. The number of nitrogen functional groups attached to an aromatic ring is 1. The monoisotopic (exact) mass is 368 g/mol. The van der Waals surface area contributed by atoms with E-state index in [0.717, 1.165) is 14.8 Å². The number of aryl methyl sites for hydroxylation is 1. The lowest BCUT2D eigenvalue weighted by Crippen LogP contribution is -2.18. The number of hydrazine groups is 1. The molecule has 0 aliphatic carbocycles. The number of pyridine rings is 1. The molecular formula is C13H13IN4O. The molecule has 0 fully saturated rings. The van der Waals surface area contributed by atoms with E-state index < -0.39 is 0 Å². The summed E-state index contributed by atoms with van der Waals surface area (Å²) in [6, 6.07) is 7.50. The first-order chi connectivity index (χ1) is 9.11. The van der Waals surface area contributed by atoms with Gasteiger partial charge < -0.3 is 10.7 Å². The van der Waals surface area contributed by atoms with Crippen molar-refractivity contribution in [2.24, 2.45) is 5.84 Å². The summed E-state index contributed by atoms with van der Waals surface area (Å²) in [4.78, 5) is 16.1. The number of nitrogens with zero attached hydrogens (tertiary/aromatic N) is 1. The first-order valence-electron chi connectivity index (χ1n) is 5.60. The van der Waals surface area contributed by atoms with Gasteiger partial charge in [-0.3, -0.25) is 15.6 Å². The van der Waals surface area contributed by atoms with Gasteiger partial charge in [-0.05, 0) is 53.3 Å². The van der Waals surface area contributed by atoms with E-state index in [2.05, 4.69) is 38.3 Å². The zero-order valence-electron chi connectivity index (χ0n) is 10.3. The van der Waals surface area contributed by atoms with Crippen molar-refractivity contribution in [1.29, 1.82) is 0 Å². The second-order valence-corrected chi connectivity index (χ2v) is 5.22. The van der Waals surface area contributed by atoms with Gasteiger partial charge in [0.2, 0.25) is 0 Å². The molecule has 19 heavy (non-hydrogen) atoms. The van der Waals surface area contributed by atoms with Gasteiger partial charge in [-0.15, -0.1) is 0 Å². The molecule has 2 rings (SSSR count). The number of hydrogen-bond donors (Lipinski definition) is 3. The number of halogens is 1. The number of hydrogen-bond acceptors (Lipinski definition) is 4. The molecule has 0 aliphatic rings. The van der Waals surface area contributed by atoms with Crippen molar-refractivity contribution >= 4 is 39.9 Å². The summed E-state index contributed by atoms with van der Waals surface area (Å²) in [5.41, 5.74) is 5.20. The Kier molecular flexibility index (Phi) is 4.33. The van der Waals surface area contributed by atoms with Crippen LogP contribution in [0.5, 0.6) is 0 Å². The number of nitrogens with one attached hydrogen (secondary N) is 2. The van der Waals surface area contributed by atoms with Crippen LogP contribution in [0.2, 0.25) is 0 Å². The van der Waals surface area contributed by atoms with E-state index in [4.69, 9.17) is 5.84 Å². The highest BCUT2D eigenvalue weighted by Crippen LogP contribution is 2.20. The molecular weight excluding hydrogens is 355 g/mol. The normalized spacial score (nSPS) is 10.1. The third kappa shape index (κ3) is 3.21. The Hall–Kier alpha value is -1.67. The standard InChI is InChI=1S/C13H13IN4O/c1-8-2-3-9(14)6-11(8)17-13(19)10-4-5-16-7-12(10)18-15/h2-7,18H,15H2,1H3,(H,17,19). The van der Waals surface area contributed by atoms with E-state index >= 15 is 0 Å². The van der Waals surface area contributed by atoms with Crippen LogP contribution in [-0.2, 0) is 0 Å². The van der Waals surface area contributed by atoms with E-state index in [1.54, 1.807) is 12.3 Å². The maximum Gasteiger partial charge on any atom is 0.257 e. The van der Waals surface area contributed by atoms with Crippen molar-refractivity contribution in [1.82, 2.24) is 4.98 Å². The molecule has 1 aromatic heterocycles. The number of anilines is 2. The lowest BCUT2D eigenvalue weighted by molar-refractivity contribution is 0.102. The molecule has 1 aromatic carbocycles. The molecule has 0 saturated heterocycles. The molecule has 0 bridgehead atoms. The lowest BCUT2D eigenvalue weighted by atomic mass is 10.1. The minimum absolute atomic E-state index is 0.222. The molecule has 0 radical (unpaired) electrons. The maximum atomic E-state index is 12.2. The van der Waals surface area contributed by atoms with Crippen LogP contribution in [0.3, 0.4) is 0 Å². The van der Waals surface area contributed by atoms with Crippen LogP contribution >= 0.6 is 22.6 Å². The van der Waals surface area contributed by atoms with Crippen molar-refractivity contribution in [2.75, 3.05) is 10.7 Å². The van der Waals surface area contributed by atoms with Crippen LogP contribution in [0.4, 0.5) is 11.4 Å². The summed E-state index contributed by atoms with van der Waals surface area (Å²) in [5, 5.41) is 2.87. The largest absolute Gasteiger partial charge is 0.322 e. The SMILES string of the molecule is Cc1ccc(I)cc1NC(=O)c1ccncc1NN. The number of nitrogens with two attached hydrogens (primary N) is 1. The smallest absolute Gasteiger partial charge is 0.257 e. The maximum absolute atomic E-state index is 12.2. The van der Waals surface area contributed by atoms with Gasteiger partial charge in [-0.2, -0.15) is 0 Å². The molecule has 98 valence electrons. The Morgan fingerprint density at radius 2 is 2.11 bits per heavy atom. The van der Waals surface area contributed by atoms with Crippen LogP contribution in [-0.4, -0.2) is 10.9 Å². The van der Waals surface area contributed by atoms with Crippen molar-refractivity contribution in [3.05, 3.63) is 51.4 Å². The zero-order chi connectivity index (χ0) is 13.8. The average Bonchev–Trinajstić information content (AvgIpc) is 2.42. The molecule has 4 N–H and O–H groups in total. The van der Waals surface area contributed by atoms with Crippen molar-refractivity contribution in [3.8, 4) is 0 Å². The molecule has 1 heterocycles. The Morgan fingerprint density at radius 3 is 2.84 bits per heavy atom. The fourth-order valence-corrected chi connectivity index (χ4v) is 2.12. The van der Waals surface area contributed by atoms with Crippen molar-refractivity contribution in [2.45, 2.75) is 6.92 Å². The molecule has 0 saturated carbocycles. The third-order valence-electron chi connectivity index (χ3n) is 2.67. The highest BCUT2D eigenvalue weighted by atomic mass is 127. The van der Waals surface area contributed by atoms with E-state index in [9.17, 15) is 4.79 Å². The van der Waals surface area contributed by atoms with Crippen LogP contribution in [0.25, 0.3) is 0 Å². The van der Waals surface area contributed by atoms with Crippen LogP contribution in [0.15, 0.2) is 36.7 Å². The molecule has 0 atom stereocenters. The minimum atomic E-state index is -0.222. The third-order valence-corrected chi connectivity index (χ3v) is 3.34. The van der Waals surface area contributed by atoms with Crippen LogP contribution < -0.4 is 16.6 Å². The summed E-state index contributed by atoms with van der Waals surface area (Å²) >= 11 is 2.20. The number of amides is 1. The van der Waals surface area contributed by atoms with Gasteiger partial charge in [0.05, 0.1) is 17.4 Å². The summed E-state index contributed by atoms with van der Waals surface area (Å²) in [7, 11) is 0. The molecule has 6 heteroatoms. The molecule has 1 amide bonds. The molecule has 5 nitrogen and oxygen atoms in total. The van der Waals surface area contributed by atoms with Gasteiger partial charge in [-0.1, -0.05) is 6.07 Å². The molecule has 0 unspecified atom stereocenters. The number of aromatic nitrogens is 1. The predicted molar refractivity (Wildman–Crippen MR) is 83.9 cm³/mol.